The number of nitrogens with one attached hydrogen (secondary N) is 1. The zero-order valence-corrected chi connectivity index (χ0v) is 8.47. The SMILES string of the molecule is FC(F)(F)Cn1c(-c2cnoc2)n[nH]c1=S. The van der Waals surface area contributed by atoms with Crippen LogP contribution in [-0.2, 0) is 6.54 Å². The Hall–Kier alpha value is -1.64. The van der Waals surface area contributed by atoms with Crippen LogP contribution >= 0.6 is 12.2 Å². The van der Waals surface area contributed by atoms with Crippen LogP contribution in [0.3, 0.4) is 0 Å². The molecule has 16 heavy (non-hydrogen) atoms. The molecule has 0 amide bonds. The third-order valence-corrected chi connectivity index (χ3v) is 2.10. The van der Waals surface area contributed by atoms with Crippen LogP contribution in [0.25, 0.3) is 11.4 Å². The van der Waals surface area contributed by atoms with E-state index in [4.69, 9.17) is 12.2 Å². The lowest BCUT2D eigenvalue weighted by Crippen LogP contribution is -2.18. The predicted octanol–water partition coefficient (Wildman–Crippen LogP) is 2.16. The number of hydrogen-bond acceptors (Lipinski definition) is 4. The topological polar surface area (TPSA) is 59.6 Å². The number of nitrogens with zero attached hydrogens (tertiary/aromatic N) is 3. The Morgan fingerprint density at radius 3 is 2.81 bits per heavy atom. The van der Waals surface area contributed by atoms with E-state index in [-0.39, 0.29) is 10.6 Å². The number of aromatic amines is 1. The lowest BCUT2D eigenvalue weighted by molar-refractivity contribution is -0.140. The molecule has 0 aliphatic rings. The molecule has 86 valence electrons. The molecule has 1 N–H and O–H groups in total. The monoisotopic (exact) mass is 250 g/mol. The highest BCUT2D eigenvalue weighted by Crippen LogP contribution is 2.22. The average Bonchev–Trinajstić information content (AvgIpc) is 2.75. The van der Waals surface area contributed by atoms with Crippen molar-refractivity contribution in [3.63, 3.8) is 0 Å². The third-order valence-electron chi connectivity index (χ3n) is 1.79. The Morgan fingerprint density at radius 2 is 2.25 bits per heavy atom. The summed E-state index contributed by atoms with van der Waals surface area (Å²) < 4.78 is 42.1. The van der Waals surface area contributed by atoms with Crippen molar-refractivity contribution in [3.05, 3.63) is 17.2 Å². The van der Waals surface area contributed by atoms with Gasteiger partial charge in [0.1, 0.15) is 12.8 Å². The van der Waals surface area contributed by atoms with Crippen LogP contribution in [0.2, 0.25) is 0 Å². The Morgan fingerprint density at radius 1 is 1.50 bits per heavy atom. The number of aromatic nitrogens is 4. The van der Waals surface area contributed by atoms with Crippen LogP contribution in [0.4, 0.5) is 13.2 Å². The van der Waals surface area contributed by atoms with Crippen LogP contribution in [-0.4, -0.2) is 26.1 Å². The molecule has 0 saturated heterocycles. The average molecular weight is 250 g/mol. The largest absolute Gasteiger partial charge is 0.406 e. The quantitative estimate of drug-likeness (QED) is 0.830. The zero-order chi connectivity index (χ0) is 11.8. The first kappa shape index (κ1) is 10.9. The summed E-state index contributed by atoms with van der Waals surface area (Å²) in [7, 11) is 0. The van der Waals surface area contributed by atoms with Gasteiger partial charge in [0.2, 0.25) is 0 Å². The van der Waals surface area contributed by atoms with Gasteiger partial charge in [-0.15, -0.1) is 0 Å². The van der Waals surface area contributed by atoms with Gasteiger partial charge >= 0.3 is 6.18 Å². The minimum atomic E-state index is -4.37. The van der Waals surface area contributed by atoms with Crippen molar-refractivity contribution >= 4 is 12.2 Å². The first-order valence-corrected chi connectivity index (χ1v) is 4.50. The summed E-state index contributed by atoms with van der Waals surface area (Å²) in [6, 6.07) is 0. The molecule has 0 aliphatic heterocycles. The summed E-state index contributed by atoms with van der Waals surface area (Å²) in [5.41, 5.74) is 0.330. The Labute approximate surface area is 91.9 Å². The number of halogens is 3. The number of rotatable bonds is 2. The molecule has 5 nitrogen and oxygen atoms in total. The molecule has 0 aromatic carbocycles. The molecule has 2 rings (SSSR count). The molecule has 2 aromatic heterocycles. The van der Waals surface area contributed by atoms with Crippen LogP contribution < -0.4 is 0 Å². The molecule has 0 saturated carbocycles. The fourth-order valence-electron chi connectivity index (χ4n) is 1.18. The summed E-state index contributed by atoms with van der Waals surface area (Å²) in [5, 5.41) is 9.37. The van der Waals surface area contributed by atoms with Crippen molar-refractivity contribution in [2.45, 2.75) is 12.7 Å². The van der Waals surface area contributed by atoms with E-state index in [0.29, 0.717) is 5.56 Å². The second-order valence-electron chi connectivity index (χ2n) is 2.97. The third kappa shape index (κ3) is 2.13. The molecule has 0 unspecified atom stereocenters. The highest BCUT2D eigenvalue weighted by molar-refractivity contribution is 7.71. The summed E-state index contributed by atoms with van der Waals surface area (Å²) >= 11 is 4.71. The van der Waals surface area contributed by atoms with E-state index in [1.807, 2.05) is 0 Å². The summed E-state index contributed by atoms with van der Waals surface area (Å²) in [6.45, 7) is -1.21. The molecule has 0 spiro atoms. The Bertz CT molecular complexity index is 527. The van der Waals surface area contributed by atoms with Crippen LogP contribution in [0.1, 0.15) is 0 Å². The second kappa shape index (κ2) is 3.74. The minimum absolute atomic E-state index is 0.0450. The minimum Gasteiger partial charge on any atom is -0.364 e. The van der Waals surface area contributed by atoms with E-state index in [1.165, 1.54) is 12.5 Å². The van der Waals surface area contributed by atoms with E-state index in [1.54, 1.807) is 0 Å². The van der Waals surface area contributed by atoms with Gasteiger partial charge in [-0.2, -0.15) is 18.3 Å². The van der Waals surface area contributed by atoms with Gasteiger partial charge in [0.05, 0.1) is 11.8 Å². The second-order valence-corrected chi connectivity index (χ2v) is 3.35. The van der Waals surface area contributed by atoms with Crippen molar-refractivity contribution in [3.8, 4) is 11.4 Å². The Balaban J connectivity index is 2.45. The molecular weight excluding hydrogens is 245 g/mol. The molecule has 9 heteroatoms. The lowest BCUT2D eigenvalue weighted by atomic mass is 10.3. The maximum Gasteiger partial charge on any atom is 0.406 e. The van der Waals surface area contributed by atoms with Crippen LogP contribution in [0.15, 0.2) is 17.0 Å². The number of alkyl halides is 3. The van der Waals surface area contributed by atoms with E-state index >= 15 is 0 Å². The molecule has 2 heterocycles. The molecule has 0 radical (unpaired) electrons. The van der Waals surface area contributed by atoms with Crippen molar-refractivity contribution < 1.29 is 17.7 Å². The first-order chi connectivity index (χ1) is 7.47. The van der Waals surface area contributed by atoms with Gasteiger partial charge in [-0.05, 0) is 12.2 Å². The van der Waals surface area contributed by atoms with E-state index in [0.717, 1.165) is 4.57 Å². The maximum absolute atomic E-state index is 12.3. The fraction of sp³-hybridized carbons (Fsp3) is 0.286. The number of hydrogen-bond donors (Lipinski definition) is 1. The van der Waals surface area contributed by atoms with Gasteiger partial charge in [-0.1, -0.05) is 5.16 Å². The number of H-pyrrole nitrogens is 1. The fourth-order valence-corrected chi connectivity index (χ4v) is 1.38. The van der Waals surface area contributed by atoms with Crippen LogP contribution in [0.5, 0.6) is 0 Å². The smallest absolute Gasteiger partial charge is 0.364 e. The lowest BCUT2D eigenvalue weighted by Gasteiger charge is -2.08. The Kier molecular flexibility index (Phi) is 2.54. The highest BCUT2D eigenvalue weighted by atomic mass is 32.1. The predicted molar refractivity (Wildman–Crippen MR) is 49.0 cm³/mol. The summed E-state index contributed by atoms with van der Waals surface area (Å²) in [5.74, 6) is 0.0450. The van der Waals surface area contributed by atoms with E-state index in [2.05, 4.69) is 19.9 Å². The van der Waals surface area contributed by atoms with Crippen molar-refractivity contribution in [2.75, 3.05) is 0 Å². The highest BCUT2D eigenvalue weighted by Gasteiger charge is 2.30. The standard InChI is InChI=1S/C7H5F3N4OS/c8-7(9,10)3-14-5(12-13-6(14)16)4-1-11-15-2-4/h1-2H,3H2,(H,13,16). The molecule has 2 aromatic rings. The zero-order valence-electron chi connectivity index (χ0n) is 7.65. The van der Waals surface area contributed by atoms with Gasteiger partial charge < -0.3 is 4.52 Å². The normalized spacial score (nSPS) is 11.9. The molecule has 0 atom stereocenters. The molecule has 0 bridgehead atoms. The van der Waals surface area contributed by atoms with E-state index in [9.17, 15) is 13.2 Å². The first-order valence-electron chi connectivity index (χ1n) is 4.09. The molecule has 0 fully saturated rings. The van der Waals surface area contributed by atoms with Crippen molar-refractivity contribution in [1.29, 1.82) is 0 Å². The van der Waals surface area contributed by atoms with Crippen LogP contribution in [0, 0.1) is 4.77 Å². The van der Waals surface area contributed by atoms with Gasteiger partial charge in [-0.25, -0.2) is 0 Å². The van der Waals surface area contributed by atoms with E-state index < -0.39 is 12.7 Å². The van der Waals surface area contributed by atoms with Gasteiger partial charge in [-0.3, -0.25) is 9.67 Å². The van der Waals surface area contributed by atoms with Gasteiger partial charge in [0.25, 0.3) is 0 Å². The molecular formula is C7H5F3N4OS. The van der Waals surface area contributed by atoms with Crippen molar-refractivity contribution in [2.24, 2.45) is 0 Å². The van der Waals surface area contributed by atoms with Gasteiger partial charge in [0.15, 0.2) is 10.6 Å². The van der Waals surface area contributed by atoms with Crippen molar-refractivity contribution in [1.82, 2.24) is 19.9 Å². The molecule has 0 aliphatic carbocycles. The summed E-state index contributed by atoms with van der Waals surface area (Å²) in [4.78, 5) is 0. The van der Waals surface area contributed by atoms with Gasteiger partial charge in [0, 0.05) is 0 Å². The maximum atomic E-state index is 12.3. The summed E-state index contributed by atoms with van der Waals surface area (Å²) in [6.07, 6.45) is -1.91.